The second kappa shape index (κ2) is 5.54. The van der Waals surface area contributed by atoms with Gasteiger partial charge in [0.1, 0.15) is 6.04 Å². The maximum Gasteiger partial charge on any atom is 0.322 e. The summed E-state index contributed by atoms with van der Waals surface area (Å²) in [6.07, 6.45) is 1.23. The van der Waals surface area contributed by atoms with Gasteiger partial charge in [-0.05, 0) is 18.3 Å². The Labute approximate surface area is 108 Å². The summed E-state index contributed by atoms with van der Waals surface area (Å²) in [6, 6.07) is -1.14. The van der Waals surface area contributed by atoms with Crippen LogP contribution in [0.25, 0.3) is 0 Å². The molecule has 18 heavy (non-hydrogen) atoms. The van der Waals surface area contributed by atoms with Crippen LogP contribution in [0.15, 0.2) is 0 Å². The molecule has 0 amide bonds. The lowest BCUT2D eigenvalue weighted by atomic mass is 9.88. The molecule has 0 spiro atoms. The van der Waals surface area contributed by atoms with Gasteiger partial charge < -0.3 is 9.84 Å². The maximum absolute atomic E-state index is 11.9. The number of carboxylic acid groups (broad SMARTS) is 1. The molecule has 2 atom stereocenters. The number of sulfonamides is 1. The standard InChI is InChI=1S/C11H21NO5S/c1-11(2,3)9(10(13)14)12-18(15,16)7-8-5-4-6-17-8/h8-9,12H,4-7H2,1-3H3,(H,13,14)/t8?,9-/m1/s1. The lowest BCUT2D eigenvalue weighted by molar-refractivity contribution is -0.141. The van der Waals surface area contributed by atoms with Crippen LogP contribution in [-0.2, 0) is 19.6 Å². The zero-order valence-electron chi connectivity index (χ0n) is 11.0. The van der Waals surface area contributed by atoms with Gasteiger partial charge in [0.15, 0.2) is 0 Å². The van der Waals surface area contributed by atoms with E-state index in [4.69, 9.17) is 9.84 Å². The molecule has 0 aromatic carbocycles. The highest BCUT2D eigenvalue weighted by Crippen LogP contribution is 2.21. The molecule has 1 aliphatic heterocycles. The molecule has 1 saturated heterocycles. The van der Waals surface area contributed by atoms with E-state index in [1.165, 1.54) is 0 Å². The maximum atomic E-state index is 11.9. The van der Waals surface area contributed by atoms with Gasteiger partial charge in [-0.2, -0.15) is 0 Å². The fraction of sp³-hybridized carbons (Fsp3) is 0.909. The molecule has 2 N–H and O–H groups in total. The van der Waals surface area contributed by atoms with Crippen LogP contribution in [0.1, 0.15) is 33.6 Å². The fourth-order valence-electron chi connectivity index (χ4n) is 1.85. The first-order valence-electron chi connectivity index (χ1n) is 5.96. The topological polar surface area (TPSA) is 92.7 Å². The Balaban J connectivity index is 2.70. The van der Waals surface area contributed by atoms with E-state index in [9.17, 15) is 13.2 Å². The minimum absolute atomic E-state index is 0.174. The van der Waals surface area contributed by atoms with E-state index in [1.54, 1.807) is 20.8 Å². The smallest absolute Gasteiger partial charge is 0.322 e. The van der Waals surface area contributed by atoms with Gasteiger partial charge >= 0.3 is 5.97 Å². The zero-order chi connectivity index (χ0) is 14.0. The Morgan fingerprint density at radius 3 is 2.50 bits per heavy atom. The van der Waals surface area contributed by atoms with Gasteiger partial charge in [0, 0.05) is 6.61 Å². The number of nitrogens with one attached hydrogen (secondary N) is 1. The molecule has 106 valence electrons. The number of hydrogen-bond donors (Lipinski definition) is 2. The van der Waals surface area contributed by atoms with Gasteiger partial charge in [-0.3, -0.25) is 4.79 Å². The van der Waals surface area contributed by atoms with Crippen molar-refractivity contribution in [1.82, 2.24) is 4.72 Å². The van der Waals surface area contributed by atoms with Gasteiger partial charge in [-0.25, -0.2) is 13.1 Å². The second-order valence-electron chi connectivity index (χ2n) is 5.67. The molecule has 1 fully saturated rings. The molecule has 1 aliphatic rings. The lowest BCUT2D eigenvalue weighted by Gasteiger charge is -2.27. The molecule has 0 bridgehead atoms. The summed E-state index contributed by atoms with van der Waals surface area (Å²) in [4.78, 5) is 11.1. The largest absolute Gasteiger partial charge is 0.480 e. The van der Waals surface area contributed by atoms with Crippen LogP contribution in [0.4, 0.5) is 0 Å². The SMILES string of the molecule is CC(C)(C)[C@H](NS(=O)(=O)CC1CCCO1)C(=O)O. The summed E-state index contributed by atoms with van der Waals surface area (Å²) >= 11 is 0. The van der Waals surface area contributed by atoms with Crippen molar-refractivity contribution in [1.29, 1.82) is 0 Å². The molecule has 7 heteroatoms. The summed E-state index contributed by atoms with van der Waals surface area (Å²) in [7, 11) is -3.65. The Morgan fingerprint density at radius 1 is 1.50 bits per heavy atom. The molecule has 6 nitrogen and oxygen atoms in total. The molecule has 0 aromatic heterocycles. The van der Waals surface area contributed by atoms with Crippen LogP contribution in [0.2, 0.25) is 0 Å². The predicted molar refractivity (Wildman–Crippen MR) is 66.8 cm³/mol. The summed E-state index contributed by atoms with van der Waals surface area (Å²) in [5.74, 6) is -1.34. The summed E-state index contributed by atoms with van der Waals surface area (Å²) in [5.41, 5.74) is -0.685. The van der Waals surface area contributed by atoms with Crippen LogP contribution >= 0.6 is 0 Å². The van der Waals surface area contributed by atoms with Crippen LogP contribution < -0.4 is 4.72 Å². The molecule has 1 rings (SSSR count). The van der Waals surface area contributed by atoms with E-state index >= 15 is 0 Å². The Kier molecular flexibility index (Phi) is 4.74. The molecule has 0 saturated carbocycles. The van der Waals surface area contributed by atoms with Gasteiger partial charge in [0.25, 0.3) is 0 Å². The van der Waals surface area contributed by atoms with Crippen molar-refractivity contribution in [3.8, 4) is 0 Å². The zero-order valence-corrected chi connectivity index (χ0v) is 11.8. The molecular weight excluding hydrogens is 258 g/mol. The average molecular weight is 279 g/mol. The quantitative estimate of drug-likeness (QED) is 0.768. The molecule has 0 aromatic rings. The highest BCUT2D eigenvalue weighted by molar-refractivity contribution is 7.89. The summed E-state index contributed by atoms with van der Waals surface area (Å²) in [6.45, 7) is 5.61. The van der Waals surface area contributed by atoms with E-state index < -0.39 is 27.4 Å². The Bertz CT molecular complexity index is 392. The fourth-order valence-corrected chi connectivity index (χ4v) is 3.51. The number of rotatable bonds is 5. The minimum Gasteiger partial charge on any atom is -0.480 e. The first kappa shape index (κ1) is 15.4. The van der Waals surface area contributed by atoms with Gasteiger partial charge in [0.2, 0.25) is 10.0 Å². The van der Waals surface area contributed by atoms with Crippen molar-refractivity contribution >= 4 is 16.0 Å². The van der Waals surface area contributed by atoms with E-state index in [1.807, 2.05) is 0 Å². The van der Waals surface area contributed by atoms with Crippen molar-refractivity contribution in [2.24, 2.45) is 5.41 Å². The van der Waals surface area contributed by atoms with Gasteiger partial charge in [0.05, 0.1) is 11.9 Å². The van der Waals surface area contributed by atoms with Crippen molar-refractivity contribution < 1.29 is 23.1 Å². The predicted octanol–water partition coefficient (Wildman–Crippen LogP) is 0.584. The molecule has 0 aliphatic carbocycles. The average Bonchev–Trinajstić information content (AvgIpc) is 2.64. The van der Waals surface area contributed by atoms with Crippen molar-refractivity contribution in [3.05, 3.63) is 0 Å². The van der Waals surface area contributed by atoms with Gasteiger partial charge in [-0.1, -0.05) is 20.8 Å². The van der Waals surface area contributed by atoms with Crippen molar-refractivity contribution in [3.63, 3.8) is 0 Å². The van der Waals surface area contributed by atoms with Crippen LogP contribution in [0.5, 0.6) is 0 Å². The summed E-state index contributed by atoms with van der Waals surface area (Å²) in [5, 5.41) is 9.07. The van der Waals surface area contributed by atoms with E-state index in [2.05, 4.69) is 4.72 Å². The van der Waals surface area contributed by atoms with E-state index in [0.717, 1.165) is 6.42 Å². The summed E-state index contributed by atoms with van der Waals surface area (Å²) < 4.78 is 31.3. The highest BCUT2D eigenvalue weighted by atomic mass is 32.2. The van der Waals surface area contributed by atoms with Crippen LogP contribution in [-0.4, -0.2) is 44.0 Å². The molecule has 0 radical (unpaired) electrons. The Hall–Kier alpha value is -0.660. The number of aliphatic carboxylic acids is 1. The van der Waals surface area contributed by atoms with Crippen molar-refractivity contribution in [2.75, 3.05) is 12.4 Å². The molecular formula is C11H21NO5S. The number of carbonyl (C=O) groups is 1. The highest BCUT2D eigenvalue weighted by Gasteiger charge is 2.35. The molecule has 1 unspecified atom stereocenters. The van der Waals surface area contributed by atoms with Crippen LogP contribution in [0, 0.1) is 5.41 Å². The molecule has 1 heterocycles. The van der Waals surface area contributed by atoms with Crippen molar-refractivity contribution in [2.45, 2.75) is 45.8 Å². The minimum atomic E-state index is -3.65. The normalized spacial score (nSPS) is 22.9. The third-order valence-electron chi connectivity index (χ3n) is 2.84. The second-order valence-corrected chi connectivity index (χ2v) is 7.47. The Morgan fingerprint density at radius 2 is 2.11 bits per heavy atom. The van der Waals surface area contributed by atoms with E-state index in [0.29, 0.717) is 13.0 Å². The van der Waals surface area contributed by atoms with Gasteiger partial charge in [-0.15, -0.1) is 0 Å². The van der Waals surface area contributed by atoms with Crippen LogP contribution in [0.3, 0.4) is 0 Å². The first-order chi connectivity index (χ1) is 8.12. The first-order valence-corrected chi connectivity index (χ1v) is 7.61. The third-order valence-corrected chi connectivity index (χ3v) is 4.25. The lowest BCUT2D eigenvalue weighted by Crippen LogP contribution is -2.50. The van der Waals surface area contributed by atoms with E-state index in [-0.39, 0.29) is 11.9 Å². The third kappa shape index (κ3) is 4.55. The monoisotopic (exact) mass is 279 g/mol. The number of carboxylic acids is 1. The number of ether oxygens (including phenoxy) is 1. The number of hydrogen-bond acceptors (Lipinski definition) is 4.